The lowest BCUT2D eigenvalue weighted by Gasteiger charge is -2.06. The van der Waals surface area contributed by atoms with Gasteiger partial charge in [-0.1, -0.05) is 43.8 Å². The van der Waals surface area contributed by atoms with Crippen LogP contribution < -0.4 is 0 Å². The number of aryl methyl sites for hydroxylation is 1. The summed E-state index contributed by atoms with van der Waals surface area (Å²) < 4.78 is 0. The maximum absolute atomic E-state index is 10.2. The SMILES string of the molecule is Cc1cccc2c(C(O)C#C[Si](C)(C)C)c[nH]c12. The Bertz CT molecular complexity index is 625. The number of benzene rings is 1. The maximum Gasteiger partial charge on any atom is 0.141 e. The number of fused-ring (bicyclic) bond motifs is 1. The Morgan fingerprint density at radius 1 is 1.28 bits per heavy atom. The monoisotopic (exact) mass is 257 g/mol. The largest absolute Gasteiger partial charge is 0.376 e. The average molecular weight is 257 g/mol. The summed E-state index contributed by atoms with van der Waals surface area (Å²) in [5.74, 6) is 2.98. The predicted molar refractivity (Wildman–Crippen MR) is 79.1 cm³/mol. The third kappa shape index (κ3) is 2.66. The fourth-order valence-electron chi connectivity index (χ4n) is 1.92. The molecule has 18 heavy (non-hydrogen) atoms. The van der Waals surface area contributed by atoms with E-state index in [4.69, 9.17) is 0 Å². The first-order chi connectivity index (χ1) is 8.38. The van der Waals surface area contributed by atoms with Crippen LogP contribution in [0.2, 0.25) is 19.6 Å². The number of aliphatic hydroxyl groups is 1. The summed E-state index contributed by atoms with van der Waals surface area (Å²) in [4.78, 5) is 3.22. The number of aromatic nitrogens is 1. The number of nitrogens with one attached hydrogen (secondary N) is 1. The summed E-state index contributed by atoms with van der Waals surface area (Å²) >= 11 is 0. The molecule has 1 aromatic carbocycles. The van der Waals surface area contributed by atoms with E-state index in [1.54, 1.807) is 0 Å². The van der Waals surface area contributed by atoms with Crippen molar-refractivity contribution in [3.8, 4) is 11.5 Å². The molecule has 0 fully saturated rings. The Labute approximate surface area is 109 Å². The summed E-state index contributed by atoms with van der Waals surface area (Å²) in [6, 6.07) is 6.09. The Morgan fingerprint density at radius 3 is 2.67 bits per heavy atom. The van der Waals surface area contributed by atoms with Crippen molar-refractivity contribution in [2.24, 2.45) is 0 Å². The molecule has 1 aromatic heterocycles. The second-order valence-electron chi connectivity index (χ2n) is 5.66. The zero-order valence-electron chi connectivity index (χ0n) is 11.3. The molecule has 1 unspecified atom stereocenters. The molecule has 1 heterocycles. The molecule has 0 saturated carbocycles. The first kappa shape index (κ1) is 12.9. The van der Waals surface area contributed by atoms with Crippen molar-refractivity contribution < 1.29 is 5.11 Å². The Kier molecular flexibility index (Phi) is 3.34. The van der Waals surface area contributed by atoms with Gasteiger partial charge in [0, 0.05) is 22.7 Å². The van der Waals surface area contributed by atoms with Crippen LogP contribution in [0.5, 0.6) is 0 Å². The van der Waals surface area contributed by atoms with Crippen LogP contribution >= 0.6 is 0 Å². The lowest BCUT2D eigenvalue weighted by atomic mass is 10.1. The number of para-hydroxylation sites is 1. The highest BCUT2D eigenvalue weighted by atomic mass is 28.3. The predicted octanol–water partition coefficient (Wildman–Crippen LogP) is 3.39. The van der Waals surface area contributed by atoms with Gasteiger partial charge >= 0.3 is 0 Å². The molecule has 1 atom stereocenters. The van der Waals surface area contributed by atoms with Gasteiger partial charge in [0.05, 0.1) is 0 Å². The summed E-state index contributed by atoms with van der Waals surface area (Å²) in [6.45, 7) is 8.58. The van der Waals surface area contributed by atoms with Crippen molar-refractivity contribution in [1.29, 1.82) is 0 Å². The molecule has 2 N–H and O–H groups in total. The quantitative estimate of drug-likeness (QED) is 0.596. The molecule has 2 rings (SSSR count). The molecule has 0 aliphatic rings. The first-order valence-electron chi connectivity index (χ1n) is 6.16. The fraction of sp³-hybridized carbons (Fsp3) is 0.333. The summed E-state index contributed by atoms with van der Waals surface area (Å²) in [7, 11) is -1.44. The van der Waals surface area contributed by atoms with Crippen LogP contribution in [0.25, 0.3) is 10.9 Å². The Balaban J connectivity index is 2.42. The number of hydrogen-bond donors (Lipinski definition) is 2. The van der Waals surface area contributed by atoms with E-state index in [2.05, 4.69) is 49.1 Å². The highest BCUT2D eigenvalue weighted by Crippen LogP contribution is 2.25. The molecular formula is C15H19NOSi. The molecule has 94 valence electrons. The molecule has 0 saturated heterocycles. The highest BCUT2D eigenvalue weighted by molar-refractivity contribution is 6.83. The fourth-order valence-corrected chi connectivity index (χ4v) is 2.49. The molecule has 0 radical (unpaired) electrons. The molecule has 0 spiro atoms. The molecule has 0 aliphatic carbocycles. The van der Waals surface area contributed by atoms with Gasteiger partial charge < -0.3 is 10.1 Å². The van der Waals surface area contributed by atoms with Gasteiger partial charge in [-0.15, -0.1) is 5.54 Å². The number of aliphatic hydroxyl groups excluding tert-OH is 1. The lowest BCUT2D eigenvalue weighted by Crippen LogP contribution is -2.16. The summed E-state index contributed by atoms with van der Waals surface area (Å²) in [5.41, 5.74) is 6.36. The first-order valence-corrected chi connectivity index (χ1v) is 9.66. The standard InChI is InChI=1S/C15H19NOSi/c1-11-6-5-7-12-13(10-16-15(11)12)14(17)8-9-18(2,3)4/h5-7,10,14,16-17H,1-4H3. The van der Waals surface area contributed by atoms with Crippen molar-refractivity contribution in [1.82, 2.24) is 4.98 Å². The minimum atomic E-state index is -1.44. The van der Waals surface area contributed by atoms with E-state index >= 15 is 0 Å². The van der Waals surface area contributed by atoms with Crippen molar-refractivity contribution in [2.75, 3.05) is 0 Å². The van der Waals surface area contributed by atoms with Crippen molar-refractivity contribution in [3.05, 3.63) is 35.5 Å². The van der Waals surface area contributed by atoms with Crippen LogP contribution in [-0.2, 0) is 0 Å². The van der Waals surface area contributed by atoms with Crippen LogP contribution in [-0.4, -0.2) is 18.2 Å². The maximum atomic E-state index is 10.2. The molecular weight excluding hydrogens is 238 g/mol. The van der Waals surface area contributed by atoms with Gasteiger partial charge in [0.15, 0.2) is 0 Å². The van der Waals surface area contributed by atoms with Gasteiger partial charge in [0.25, 0.3) is 0 Å². The lowest BCUT2D eigenvalue weighted by molar-refractivity contribution is 0.240. The van der Waals surface area contributed by atoms with E-state index in [0.29, 0.717) is 0 Å². The van der Waals surface area contributed by atoms with Crippen LogP contribution in [0.3, 0.4) is 0 Å². The van der Waals surface area contributed by atoms with Crippen molar-refractivity contribution >= 4 is 19.0 Å². The van der Waals surface area contributed by atoms with Crippen molar-refractivity contribution in [3.63, 3.8) is 0 Å². The number of hydrogen-bond acceptors (Lipinski definition) is 1. The minimum absolute atomic E-state index is 0.702. The van der Waals surface area contributed by atoms with Crippen LogP contribution in [0.4, 0.5) is 0 Å². The van der Waals surface area contributed by atoms with Gasteiger partial charge in [-0.05, 0) is 12.5 Å². The summed E-state index contributed by atoms with van der Waals surface area (Å²) in [5, 5.41) is 11.3. The Hall–Kier alpha value is -1.50. The van der Waals surface area contributed by atoms with Gasteiger partial charge in [0.2, 0.25) is 0 Å². The van der Waals surface area contributed by atoms with E-state index in [0.717, 1.165) is 16.5 Å². The van der Waals surface area contributed by atoms with Gasteiger partial charge in [-0.2, -0.15) is 0 Å². The zero-order chi connectivity index (χ0) is 13.3. The topological polar surface area (TPSA) is 36.0 Å². The second-order valence-corrected chi connectivity index (χ2v) is 10.4. The van der Waals surface area contributed by atoms with E-state index in [-0.39, 0.29) is 0 Å². The molecule has 0 amide bonds. The minimum Gasteiger partial charge on any atom is -0.376 e. The molecule has 0 aliphatic heterocycles. The normalized spacial score (nSPS) is 13.2. The van der Waals surface area contributed by atoms with E-state index in [1.807, 2.05) is 18.3 Å². The van der Waals surface area contributed by atoms with E-state index in [1.165, 1.54) is 5.56 Å². The van der Waals surface area contributed by atoms with E-state index in [9.17, 15) is 5.11 Å². The van der Waals surface area contributed by atoms with Gasteiger partial charge in [0.1, 0.15) is 14.2 Å². The molecule has 3 heteroatoms. The molecule has 2 nitrogen and oxygen atoms in total. The zero-order valence-corrected chi connectivity index (χ0v) is 12.3. The average Bonchev–Trinajstić information content (AvgIpc) is 2.70. The van der Waals surface area contributed by atoms with Crippen LogP contribution in [0.15, 0.2) is 24.4 Å². The van der Waals surface area contributed by atoms with Gasteiger partial charge in [-0.25, -0.2) is 0 Å². The molecule has 2 aromatic rings. The number of rotatable bonds is 1. The number of H-pyrrole nitrogens is 1. The van der Waals surface area contributed by atoms with Crippen molar-refractivity contribution in [2.45, 2.75) is 32.7 Å². The van der Waals surface area contributed by atoms with E-state index < -0.39 is 14.2 Å². The number of aromatic amines is 1. The van der Waals surface area contributed by atoms with Crippen LogP contribution in [0, 0.1) is 18.4 Å². The Morgan fingerprint density at radius 2 is 2.00 bits per heavy atom. The third-order valence-corrected chi connectivity index (χ3v) is 3.73. The smallest absolute Gasteiger partial charge is 0.141 e. The highest BCUT2D eigenvalue weighted by Gasteiger charge is 2.13. The van der Waals surface area contributed by atoms with Gasteiger partial charge in [-0.3, -0.25) is 0 Å². The van der Waals surface area contributed by atoms with Crippen LogP contribution in [0.1, 0.15) is 17.2 Å². The second kappa shape index (κ2) is 4.64. The third-order valence-electron chi connectivity index (χ3n) is 2.83. The summed E-state index contributed by atoms with van der Waals surface area (Å²) in [6.07, 6.45) is 1.16. The molecule has 0 bridgehead atoms.